The van der Waals surface area contributed by atoms with Crippen LogP contribution in [0.1, 0.15) is 230 Å². The quantitative estimate of drug-likeness (QED) is 0.0504. The van der Waals surface area contributed by atoms with Gasteiger partial charge in [0.25, 0.3) is 0 Å². The second-order valence-electron chi connectivity index (χ2n) is 15.7. The normalized spacial score (nSPS) is 11.6. The fraction of sp³-hybridized carbons (Fsp3) is 0.735. The number of ether oxygens (including phenoxy) is 1. The Kier molecular flexibility index (Phi) is 30.9. The van der Waals surface area contributed by atoms with Crippen molar-refractivity contribution < 1.29 is 9.30 Å². The lowest BCUT2D eigenvalue weighted by molar-refractivity contribution is -0.697. The zero-order chi connectivity index (χ0) is 36.1. The third-order valence-corrected chi connectivity index (χ3v) is 10.8. The molecule has 0 saturated heterocycles. The molecule has 0 unspecified atom stereocenters. The average Bonchev–Trinajstić information content (AvgIpc) is 3.16. The maximum Gasteiger partial charge on any atom is 0.169 e. The van der Waals surface area contributed by atoms with Crippen LogP contribution in [0.3, 0.4) is 0 Å². The van der Waals surface area contributed by atoms with E-state index in [4.69, 9.17) is 4.74 Å². The molecule has 0 atom stereocenters. The van der Waals surface area contributed by atoms with E-state index in [2.05, 4.69) is 79.4 Å². The van der Waals surface area contributed by atoms with Gasteiger partial charge in [0.15, 0.2) is 12.4 Å². The summed E-state index contributed by atoms with van der Waals surface area (Å²) in [6.07, 6.45) is 54.1. The van der Waals surface area contributed by atoms with Crippen molar-refractivity contribution in [3.63, 3.8) is 0 Å². The van der Waals surface area contributed by atoms with E-state index < -0.39 is 0 Å². The first-order chi connectivity index (χ1) is 25.3. The summed E-state index contributed by atoms with van der Waals surface area (Å²) in [5.41, 5.74) is 2.47. The van der Waals surface area contributed by atoms with Crippen molar-refractivity contribution in [1.29, 1.82) is 0 Å². The van der Waals surface area contributed by atoms with Crippen LogP contribution in [0.2, 0.25) is 0 Å². The van der Waals surface area contributed by atoms with Crippen LogP contribution in [0.5, 0.6) is 5.75 Å². The molecule has 0 aliphatic rings. The van der Waals surface area contributed by atoms with Crippen molar-refractivity contribution in [1.82, 2.24) is 0 Å². The van der Waals surface area contributed by atoms with Crippen molar-refractivity contribution in [3.05, 3.63) is 59.9 Å². The molecule has 2 rings (SSSR count). The number of rotatable bonds is 37. The van der Waals surface area contributed by atoms with Crippen LogP contribution in [0.4, 0.5) is 0 Å². The maximum atomic E-state index is 6.02. The molecule has 0 aliphatic heterocycles. The Morgan fingerprint density at radius 3 is 1.06 bits per heavy atom. The van der Waals surface area contributed by atoms with E-state index >= 15 is 0 Å². The number of pyridine rings is 1. The minimum Gasteiger partial charge on any atom is -0.494 e. The van der Waals surface area contributed by atoms with Gasteiger partial charge in [0.1, 0.15) is 12.3 Å². The molecule has 0 radical (unpaired) electrons. The number of hydrogen-bond acceptors (Lipinski definition) is 1. The maximum absolute atomic E-state index is 6.02. The average molecular weight is 703 g/mol. The molecule has 2 heteroatoms. The van der Waals surface area contributed by atoms with Gasteiger partial charge in [0.05, 0.1) is 6.61 Å². The van der Waals surface area contributed by atoms with Crippen LogP contribution in [-0.2, 0) is 6.54 Å². The van der Waals surface area contributed by atoms with Crippen LogP contribution in [0, 0.1) is 0 Å². The molecule has 0 bridgehead atoms. The van der Waals surface area contributed by atoms with E-state index in [1.165, 1.54) is 210 Å². The topological polar surface area (TPSA) is 13.1 Å². The van der Waals surface area contributed by atoms with Crippen LogP contribution >= 0.6 is 0 Å². The second kappa shape index (κ2) is 35.0. The summed E-state index contributed by atoms with van der Waals surface area (Å²) in [7, 11) is 0. The molecule has 290 valence electrons. The lowest BCUT2D eigenvalue weighted by Crippen LogP contribution is -2.32. The van der Waals surface area contributed by atoms with Crippen LogP contribution < -0.4 is 9.30 Å². The Morgan fingerprint density at radius 2 is 0.686 bits per heavy atom. The summed E-state index contributed by atoms with van der Waals surface area (Å²) in [5, 5.41) is 0. The van der Waals surface area contributed by atoms with Gasteiger partial charge < -0.3 is 4.74 Å². The Morgan fingerprint density at radius 1 is 0.373 bits per heavy atom. The van der Waals surface area contributed by atoms with Crippen molar-refractivity contribution in [2.75, 3.05) is 6.61 Å². The number of unbranched alkanes of at least 4 members (excludes halogenated alkanes) is 30. The summed E-state index contributed by atoms with van der Waals surface area (Å²) < 4.78 is 8.36. The molecule has 0 spiro atoms. The zero-order valence-corrected chi connectivity index (χ0v) is 34.2. The first-order valence-electron chi connectivity index (χ1n) is 22.7. The highest BCUT2D eigenvalue weighted by Crippen LogP contribution is 2.17. The van der Waals surface area contributed by atoms with Crippen molar-refractivity contribution in [2.24, 2.45) is 0 Å². The molecular formula is C49H84NO+. The van der Waals surface area contributed by atoms with E-state index in [0.717, 1.165) is 25.3 Å². The minimum absolute atomic E-state index is 0.830. The van der Waals surface area contributed by atoms with Crippen molar-refractivity contribution >= 4 is 12.2 Å². The van der Waals surface area contributed by atoms with E-state index in [-0.39, 0.29) is 0 Å². The Labute approximate surface area is 318 Å². The van der Waals surface area contributed by atoms with E-state index in [0.29, 0.717) is 0 Å². The Balaban J connectivity index is 1.39. The van der Waals surface area contributed by atoms with Crippen molar-refractivity contribution in [3.8, 4) is 5.75 Å². The summed E-state index contributed by atoms with van der Waals surface area (Å²) in [6.45, 7) is 6.56. The molecular weight excluding hydrogens is 619 g/mol. The van der Waals surface area contributed by atoms with Crippen LogP contribution in [0.25, 0.3) is 12.2 Å². The molecule has 1 heterocycles. The van der Waals surface area contributed by atoms with Gasteiger partial charge in [-0.05, 0) is 36.1 Å². The number of benzene rings is 1. The molecule has 1 aromatic carbocycles. The van der Waals surface area contributed by atoms with Gasteiger partial charge in [-0.2, -0.15) is 0 Å². The third kappa shape index (κ3) is 28.1. The molecule has 0 saturated carbocycles. The molecule has 0 amide bonds. The predicted octanol–water partition coefficient (Wildman–Crippen LogP) is 16.0. The van der Waals surface area contributed by atoms with Gasteiger partial charge >= 0.3 is 0 Å². The van der Waals surface area contributed by atoms with Gasteiger partial charge in [0, 0.05) is 18.6 Å². The molecule has 2 aromatic rings. The highest BCUT2D eigenvalue weighted by molar-refractivity contribution is 5.69. The van der Waals surface area contributed by atoms with E-state index in [1.807, 2.05) is 0 Å². The molecule has 1 aromatic heterocycles. The van der Waals surface area contributed by atoms with Crippen molar-refractivity contribution in [2.45, 2.75) is 226 Å². The number of hydrogen-bond donors (Lipinski definition) is 0. The Hall–Kier alpha value is -2.09. The van der Waals surface area contributed by atoms with Gasteiger partial charge in [-0.25, -0.2) is 4.57 Å². The molecule has 0 aliphatic carbocycles. The third-order valence-electron chi connectivity index (χ3n) is 10.8. The molecule has 2 nitrogen and oxygen atoms in total. The van der Waals surface area contributed by atoms with Crippen LogP contribution in [-0.4, -0.2) is 6.61 Å². The lowest BCUT2D eigenvalue weighted by Gasteiger charge is -2.07. The first-order valence-corrected chi connectivity index (χ1v) is 22.7. The zero-order valence-electron chi connectivity index (χ0n) is 34.2. The van der Waals surface area contributed by atoms with Gasteiger partial charge in [0.2, 0.25) is 0 Å². The first kappa shape index (κ1) is 45.1. The fourth-order valence-electron chi connectivity index (χ4n) is 7.28. The van der Waals surface area contributed by atoms with Crippen LogP contribution in [0.15, 0.2) is 48.8 Å². The van der Waals surface area contributed by atoms with E-state index in [1.54, 1.807) is 0 Å². The van der Waals surface area contributed by atoms with E-state index in [9.17, 15) is 0 Å². The Bertz CT molecular complexity index is 1010. The highest BCUT2D eigenvalue weighted by atomic mass is 16.5. The smallest absolute Gasteiger partial charge is 0.169 e. The highest BCUT2D eigenvalue weighted by Gasteiger charge is 2.01. The number of nitrogens with zero attached hydrogens (tertiary/aromatic N) is 1. The minimum atomic E-state index is 0.830. The SMILES string of the molecule is CCCCCCCCCCCCCCCCCCOc1ccc(/C=C/c2cc[n+](CCCCCCCCCCCCCCCCCC)cc2)cc1. The van der Waals surface area contributed by atoms with Gasteiger partial charge in [-0.15, -0.1) is 0 Å². The number of aryl methyl sites for hydroxylation is 1. The molecule has 0 N–H and O–H groups in total. The summed E-state index contributed by atoms with van der Waals surface area (Å²) in [4.78, 5) is 0. The lowest BCUT2D eigenvalue weighted by atomic mass is 10.0. The molecule has 51 heavy (non-hydrogen) atoms. The fourth-order valence-corrected chi connectivity index (χ4v) is 7.28. The number of aromatic nitrogens is 1. The van der Waals surface area contributed by atoms with Gasteiger partial charge in [-0.1, -0.05) is 224 Å². The van der Waals surface area contributed by atoms with Gasteiger partial charge in [-0.3, -0.25) is 0 Å². The summed E-state index contributed by atoms with van der Waals surface area (Å²) in [6, 6.07) is 13.0. The molecule has 0 fully saturated rings. The standard InChI is InChI=1S/C49H84NO/c1-3-5-7-9-11-13-15-17-19-21-23-25-27-29-31-33-43-50-44-41-48(42-45-50)36-35-47-37-39-49(40-38-47)51-46-34-32-30-28-26-24-22-20-18-16-14-12-10-8-6-4-2/h35-42,44-45H,3-34,43,46H2,1-2H3/q+1/b36-35+. The largest absolute Gasteiger partial charge is 0.494 e. The summed E-state index contributed by atoms with van der Waals surface area (Å²) in [5.74, 6) is 0.989. The monoisotopic (exact) mass is 703 g/mol. The summed E-state index contributed by atoms with van der Waals surface area (Å²) >= 11 is 0. The predicted molar refractivity (Wildman–Crippen MR) is 227 cm³/mol. The second-order valence-corrected chi connectivity index (χ2v) is 15.7.